The number of rotatable bonds is 4. The van der Waals surface area contributed by atoms with Crippen molar-refractivity contribution in [3.05, 3.63) is 46.2 Å². The number of ether oxygens (including phenoxy) is 1. The van der Waals surface area contributed by atoms with E-state index in [0.717, 1.165) is 55.9 Å². The average molecular weight is 402 g/mol. The van der Waals surface area contributed by atoms with E-state index < -0.39 is 0 Å². The molecule has 0 radical (unpaired) electrons. The second kappa shape index (κ2) is 8.62. The first-order valence-electron chi connectivity index (χ1n) is 9.51. The van der Waals surface area contributed by atoms with E-state index in [1.165, 1.54) is 12.1 Å². The van der Waals surface area contributed by atoms with Gasteiger partial charge < -0.3 is 4.74 Å². The molecule has 1 aromatic carbocycles. The topological polar surface area (TPSA) is 59.8 Å². The zero-order valence-electron chi connectivity index (χ0n) is 15.6. The van der Waals surface area contributed by atoms with Crippen LogP contribution in [0.5, 0.6) is 0 Å². The highest BCUT2D eigenvalue weighted by atomic mass is 32.2. The summed E-state index contributed by atoms with van der Waals surface area (Å²) < 4.78 is 18.6. The molecule has 0 aromatic heterocycles. The second-order valence-corrected chi connectivity index (χ2v) is 8.16. The molecule has 3 aliphatic rings. The SMILES string of the molecule is N#CC1=C2SCN(CCN3CCOCC3)CN2C(=O)C[C@@H]1c1ccc(F)cc1. The highest BCUT2D eigenvalue weighted by Crippen LogP contribution is 2.42. The number of amides is 1. The third-order valence-corrected chi connectivity index (χ3v) is 6.67. The molecule has 6 nitrogen and oxygen atoms in total. The summed E-state index contributed by atoms with van der Waals surface area (Å²) in [6, 6.07) is 8.42. The number of carbonyl (C=O) groups is 1. The molecule has 0 aliphatic carbocycles. The van der Waals surface area contributed by atoms with Crippen LogP contribution in [0.15, 0.2) is 34.9 Å². The molecule has 0 unspecified atom stereocenters. The largest absolute Gasteiger partial charge is 0.379 e. The van der Waals surface area contributed by atoms with Crippen LogP contribution in [0.2, 0.25) is 0 Å². The Hall–Kier alpha value is -1.92. The van der Waals surface area contributed by atoms with Crippen LogP contribution < -0.4 is 0 Å². The minimum absolute atomic E-state index is 0.0203. The number of hydrogen-bond donors (Lipinski definition) is 0. The number of nitriles is 1. The zero-order chi connectivity index (χ0) is 19.5. The van der Waals surface area contributed by atoms with Gasteiger partial charge in [-0.05, 0) is 17.7 Å². The maximum Gasteiger partial charge on any atom is 0.229 e. The number of fused-ring (bicyclic) bond motifs is 1. The summed E-state index contributed by atoms with van der Waals surface area (Å²) in [4.78, 5) is 19.2. The first-order valence-corrected chi connectivity index (χ1v) is 10.5. The molecular weight excluding hydrogens is 379 g/mol. The maximum absolute atomic E-state index is 13.3. The number of thioether (sulfide) groups is 1. The Bertz CT molecular complexity index is 801. The van der Waals surface area contributed by atoms with E-state index in [4.69, 9.17) is 4.74 Å². The number of hydrogen-bond acceptors (Lipinski definition) is 6. The van der Waals surface area contributed by atoms with Crippen LogP contribution in [-0.4, -0.2) is 72.5 Å². The summed E-state index contributed by atoms with van der Waals surface area (Å²) in [5.41, 5.74) is 1.43. The number of allylic oxidation sites excluding steroid dienone is 1. The van der Waals surface area contributed by atoms with Gasteiger partial charge in [0.05, 0.1) is 42.4 Å². The average Bonchev–Trinajstić information content (AvgIpc) is 2.73. The van der Waals surface area contributed by atoms with Crippen molar-refractivity contribution in [3.63, 3.8) is 0 Å². The first kappa shape index (κ1) is 19.4. The summed E-state index contributed by atoms with van der Waals surface area (Å²) in [6.07, 6.45) is 0.246. The van der Waals surface area contributed by atoms with Crippen molar-refractivity contribution in [2.45, 2.75) is 12.3 Å². The van der Waals surface area contributed by atoms with Gasteiger partial charge in [0, 0.05) is 38.5 Å². The Morgan fingerprint density at radius 1 is 1.18 bits per heavy atom. The van der Waals surface area contributed by atoms with Gasteiger partial charge in [0.1, 0.15) is 5.82 Å². The van der Waals surface area contributed by atoms with Crippen LogP contribution in [0.3, 0.4) is 0 Å². The maximum atomic E-state index is 13.3. The standard InChI is InChI=1S/C20H23FN4O2S/c21-16-3-1-15(2-4-16)17-11-19(26)25-13-24(14-28-20(25)18(17)12-22)6-5-23-7-9-27-10-8-23/h1-4,17H,5-11,13-14H2/t17-/m1/s1. The summed E-state index contributed by atoms with van der Waals surface area (Å²) in [5.74, 6) is 0.162. The Labute approximate surface area is 168 Å². The van der Waals surface area contributed by atoms with Crippen LogP contribution in [-0.2, 0) is 9.53 Å². The summed E-state index contributed by atoms with van der Waals surface area (Å²) >= 11 is 1.55. The van der Waals surface area contributed by atoms with Gasteiger partial charge >= 0.3 is 0 Å². The van der Waals surface area contributed by atoms with Crippen LogP contribution in [0.1, 0.15) is 17.9 Å². The van der Waals surface area contributed by atoms with Crippen molar-refractivity contribution in [2.75, 3.05) is 51.9 Å². The van der Waals surface area contributed by atoms with Gasteiger partial charge in [-0.25, -0.2) is 4.39 Å². The normalized spacial score (nSPS) is 24.2. The fourth-order valence-corrected chi connectivity index (χ4v) is 5.01. The summed E-state index contributed by atoms with van der Waals surface area (Å²) in [6.45, 7) is 5.82. The van der Waals surface area contributed by atoms with Gasteiger partial charge in [-0.3, -0.25) is 19.5 Å². The lowest BCUT2D eigenvalue weighted by Crippen LogP contribution is -2.49. The molecule has 0 N–H and O–H groups in total. The van der Waals surface area contributed by atoms with Crippen molar-refractivity contribution in [1.29, 1.82) is 5.26 Å². The third-order valence-electron chi connectivity index (χ3n) is 5.46. The molecule has 0 saturated carbocycles. The quantitative estimate of drug-likeness (QED) is 0.769. The Kier molecular flexibility index (Phi) is 5.97. The molecule has 1 atom stereocenters. The third kappa shape index (κ3) is 4.08. The van der Waals surface area contributed by atoms with E-state index in [9.17, 15) is 14.4 Å². The highest BCUT2D eigenvalue weighted by molar-refractivity contribution is 8.03. The van der Waals surface area contributed by atoms with E-state index in [0.29, 0.717) is 12.2 Å². The predicted molar refractivity (Wildman–Crippen MR) is 105 cm³/mol. The Balaban J connectivity index is 1.47. The smallest absolute Gasteiger partial charge is 0.229 e. The Morgan fingerprint density at radius 2 is 1.89 bits per heavy atom. The summed E-state index contributed by atoms with van der Waals surface area (Å²) in [7, 11) is 0. The van der Waals surface area contributed by atoms with E-state index >= 15 is 0 Å². The Morgan fingerprint density at radius 3 is 2.61 bits per heavy atom. The van der Waals surface area contributed by atoms with Gasteiger partial charge in [-0.2, -0.15) is 5.26 Å². The second-order valence-electron chi connectivity index (χ2n) is 7.22. The number of benzene rings is 1. The lowest BCUT2D eigenvalue weighted by Gasteiger charge is -2.41. The molecule has 1 aromatic rings. The number of halogens is 1. The van der Waals surface area contributed by atoms with Crippen LogP contribution >= 0.6 is 11.8 Å². The van der Waals surface area contributed by atoms with Crippen molar-refractivity contribution in [1.82, 2.24) is 14.7 Å². The fourth-order valence-electron chi connectivity index (χ4n) is 3.83. The van der Waals surface area contributed by atoms with E-state index in [1.54, 1.807) is 28.8 Å². The molecule has 4 rings (SSSR count). The van der Waals surface area contributed by atoms with Gasteiger partial charge in [0.25, 0.3) is 0 Å². The van der Waals surface area contributed by atoms with E-state index in [1.807, 2.05) is 0 Å². The molecule has 3 heterocycles. The van der Waals surface area contributed by atoms with Crippen molar-refractivity contribution < 1.29 is 13.9 Å². The molecule has 8 heteroatoms. The number of nitrogens with zero attached hydrogens (tertiary/aromatic N) is 4. The van der Waals surface area contributed by atoms with Gasteiger partial charge in [0.15, 0.2) is 0 Å². The molecule has 28 heavy (non-hydrogen) atoms. The zero-order valence-corrected chi connectivity index (χ0v) is 16.5. The van der Waals surface area contributed by atoms with Crippen molar-refractivity contribution >= 4 is 17.7 Å². The van der Waals surface area contributed by atoms with Gasteiger partial charge in [-0.15, -0.1) is 0 Å². The monoisotopic (exact) mass is 402 g/mol. The van der Waals surface area contributed by atoms with Gasteiger partial charge in [0.2, 0.25) is 5.91 Å². The molecule has 0 spiro atoms. The van der Waals surface area contributed by atoms with E-state index in [2.05, 4.69) is 15.9 Å². The number of carbonyl (C=O) groups excluding carboxylic acids is 1. The lowest BCUT2D eigenvalue weighted by atomic mass is 9.86. The molecule has 3 aliphatic heterocycles. The van der Waals surface area contributed by atoms with Crippen molar-refractivity contribution in [3.8, 4) is 6.07 Å². The van der Waals surface area contributed by atoms with E-state index in [-0.39, 0.29) is 24.1 Å². The molecule has 2 fully saturated rings. The van der Waals surface area contributed by atoms with Crippen molar-refractivity contribution in [2.24, 2.45) is 0 Å². The minimum Gasteiger partial charge on any atom is -0.379 e. The molecule has 2 saturated heterocycles. The fraction of sp³-hybridized carbons (Fsp3) is 0.500. The summed E-state index contributed by atoms with van der Waals surface area (Å²) in [5, 5.41) is 10.5. The highest BCUT2D eigenvalue weighted by Gasteiger charge is 2.38. The molecule has 148 valence electrons. The van der Waals surface area contributed by atoms with Crippen LogP contribution in [0.4, 0.5) is 4.39 Å². The first-order chi connectivity index (χ1) is 13.7. The number of morpholine rings is 1. The molecule has 1 amide bonds. The minimum atomic E-state index is -0.318. The molecule has 0 bridgehead atoms. The lowest BCUT2D eigenvalue weighted by molar-refractivity contribution is -0.131. The predicted octanol–water partition coefficient (Wildman–Crippen LogP) is 2.17. The van der Waals surface area contributed by atoms with Crippen LogP contribution in [0, 0.1) is 17.1 Å². The molecular formula is C20H23FN4O2S. The van der Waals surface area contributed by atoms with Crippen LogP contribution in [0.25, 0.3) is 0 Å². The van der Waals surface area contributed by atoms with Gasteiger partial charge in [-0.1, -0.05) is 23.9 Å².